The van der Waals surface area contributed by atoms with E-state index in [2.05, 4.69) is 16.0 Å². The molecule has 0 radical (unpaired) electrons. The van der Waals surface area contributed by atoms with Gasteiger partial charge in [0.25, 0.3) is 5.91 Å². The Bertz CT molecular complexity index is 927. The summed E-state index contributed by atoms with van der Waals surface area (Å²) in [6.45, 7) is 0.927. The van der Waals surface area contributed by atoms with Gasteiger partial charge in [0.1, 0.15) is 19.3 Å². The number of ether oxygens (including phenoxy) is 2. The van der Waals surface area contributed by atoms with Crippen LogP contribution < -0.4 is 25.4 Å². The third-order valence-corrected chi connectivity index (χ3v) is 4.27. The van der Waals surface area contributed by atoms with Gasteiger partial charge < -0.3 is 25.4 Å². The standard InChI is InChI=1S/C19H17N3O5/c23-17(20-11-5-6-15-16(9-11)27-8-7-26-15)10-14-19(25)21-13-4-2-1-3-12(13)18(24)22-14/h1-6,9,14H,7-8,10H2,(H,20,23)(H,21,25)(H,22,24). The number of hydrogen-bond donors (Lipinski definition) is 3. The maximum atomic E-state index is 12.4. The lowest BCUT2D eigenvalue weighted by Crippen LogP contribution is -2.43. The van der Waals surface area contributed by atoms with Crippen molar-refractivity contribution < 1.29 is 23.9 Å². The number of carbonyl (C=O) groups excluding carboxylic acids is 3. The van der Waals surface area contributed by atoms with Gasteiger partial charge in [-0.25, -0.2) is 0 Å². The van der Waals surface area contributed by atoms with Gasteiger partial charge in [0.05, 0.1) is 17.7 Å². The van der Waals surface area contributed by atoms with Crippen molar-refractivity contribution in [1.82, 2.24) is 5.32 Å². The van der Waals surface area contributed by atoms with Crippen LogP contribution in [0.15, 0.2) is 42.5 Å². The Kier molecular flexibility index (Phi) is 4.37. The lowest BCUT2D eigenvalue weighted by atomic mass is 10.1. The van der Waals surface area contributed by atoms with E-state index in [9.17, 15) is 14.4 Å². The second-order valence-electron chi connectivity index (χ2n) is 6.17. The molecule has 3 amide bonds. The van der Waals surface area contributed by atoms with Crippen LogP contribution >= 0.6 is 0 Å². The number of para-hydroxylation sites is 1. The van der Waals surface area contributed by atoms with Gasteiger partial charge in [0.15, 0.2) is 11.5 Å². The van der Waals surface area contributed by atoms with Crippen molar-refractivity contribution in [2.24, 2.45) is 0 Å². The number of benzene rings is 2. The van der Waals surface area contributed by atoms with Crippen LogP contribution in [0.5, 0.6) is 11.5 Å². The number of fused-ring (bicyclic) bond motifs is 2. The molecule has 0 spiro atoms. The molecular weight excluding hydrogens is 350 g/mol. The van der Waals surface area contributed by atoms with Gasteiger partial charge in [-0.1, -0.05) is 12.1 Å². The molecule has 8 heteroatoms. The molecule has 2 aromatic carbocycles. The van der Waals surface area contributed by atoms with E-state index in [1.165, 1.54) is 0 Å². The predicted molar refractivity (Wildman–Crippen MR) is 97.0 cm³/mol. The highest BCUT2D eigenvalue weighted by Gasteiger charge is 2.29. The zero-order chi connectivity index (χ0) is 18.8. The van der Waals surface area contributed by atoms with E-state index in [1.54, 1.807) is 42.5 Å². The van der Waals surface area contributed by atoms with Crippen LogP contribution in [0.4, 0.5) is 11.4 Å². The van der Waals surface area contributed by atoms with E-state index in [-0.39, 0.29) is 6.42 Å². The molecule has 3 N–H and O–H groups in total. The number of carbonyl (C=O) groups is 3. The molecule has 2 aromatic rings. The molecule has 4 rings (SSSR count). The minimum absolute atomic E-state index is 0.194. The molecule has 1 unspecified atom stereocenters. The molecule has 1 atom stereocenters. The van der Waals surface area contributed by atoms with E-state index in [1.807, 2.05) is 0 Å². The van der Waals surface area contributed by atoms with Crippen LogP contribution in [0.1, 0.15) is 16.8 Å². The molecule has 8 nitrogen and oxygen atoms in total. The van der Waals surface area contributed by atoms with Gasteiger partial charge in [-0.2, -0.15) is 0 Å². The van der Waals surface area contributed by atoms with Crippen LogP contribution in [0.25, 0.3) is 0 Å². The van der Waals surface area contributed by atoms with E-state index in [4.69, 9.17) is 9.47 Å². The fraction of sp³-hybridized carbons (Fsp3) is 0.211. The van der Waals surface area contributed by atoms with Crippen LogP contribution in [0.2, 0.25) is 0 Å². The van der Waals surface area contributed by atoms with Crippen molar-refractivity contribution in [2.45, 2.75) is 12.5 Å². The minimum Gasteiger partial charge on any atom is -0.486 e. The molecule has 0 saturated heterocycles. The van der Waals surface area contributed by atoms with Crippen LogP contribution in [0.3, 0.4) is 0 Å². The average Bonchev–Trinajstić information content (AvgIpc) is 2.78. The molecule has 0 aliphatic carbocycles. The molecule has 2 aliphatic rings. The smallest absolute Gasteiger partial charge is 0.254 e. The number of anilines is 2. The third kappa shape index (κ3) is 3.55. The van der Waals surface area contributed by atoms with Gasteiger partial charge in [-0.3, -0.25) is 14.4 Å². The molecule has 2 heterocycles. The van der Waals surface area contributed by atoms with Crippen molar-refractivity contribution in [3.05, 3.63) is 48.0 Å². The summed E-state index contributed by atoms with van der Waals surface area (Å²) in [6, 6.07) is 10.8. The molecular formula is C19H17N3O5. The highest BCUT2D eigenvalue weighted by molar-refractivity contribution is 6.11. The molecule has 0 aromatic heterocycles. The zero-order valence-corrected chi connectivity index (χ0v) is 14.3. The summed E-state index contributed by atoms with van der Waals surface area (Å²) in [6.07, 6.45) is -0.194. The Labute approximate surface area is 154 Å². The summed E-state index contributed by atoms with van der Waals surface area (Å²) in [4.78, 5) is 37.0. The topological polar surface area (TPSA) is 106 Å². The van der Waals surface area contributed by atoms with E-state index in [0.29, 0.717) is 41.7 Å². The van der Waals surface area contributed by atoms with Gasteiger partial charge >= 0.3 is 0 Å². The summed E-state index contributed by atoms with van der Waals surface area (Å²) >= 11 is 0. The van der Waals surface area contributed by atoms with E-state index in [0.717, 1.165) is 0 Å². The summed E-state index contributed by atoms with van der Waals surface area (Å²) in [5, 5.41) is 7.98. The van der Waals surface area contributed by atoms with Crippen LogP contribution in [-0.2, 0) is 9.59 Å². The Morgan fingerprint density at radius 3 is 2.70 bits per heavy atom. The van der Waals surface area contributed by atoms with Crippen molar-refractivity contribution in [1.29, 1.82) is 0 Å². The molecule has 27 heavy (non-hydrogen) atoms. The zero-order valence-electron chi connectivity index (χ0n) is 14.3. The lowest BCUT2D eigenvalue weighted by molar-refractivity contribution is -0.122. The fourth-order valence-corrected chi connectivity index (χ4v) is 2.97. The highest BCUT2D eigenvalue weighted by atomic mass is 16.6. The molecule has 138 valence electrons. The highest BCUT2D eigenvalue weighted by Crippen LogP contribution is 2.32. The van der Waals surface area contributed by atoms with Crippen molar-refractivity contribution in [3.8, 4) is 11.5 Å². The minimum atomic E-state index is -0.970. The van der Waals surface area contributed by atoms with E-state index < -0.39 is 23.8 Å². The second-order valence-corrected chi connectivity index (χ2v) is 6.17. The number of hydrogen-bond acceptors (Lipinski definition) is 5. The predicted octanol–water partition coefficient (Wildman–Crippen LogP) is 1.54. The van der Waals surface area contributed by atoms with Gasteiger partial charge in [0, 0.05) is 11.8 Å². The van der Waals surface area contributed by atoms with Gasteiger partial charge in [-0.05, 0) is 24.3 Å². The molecule has 0 saturated carbocycles. The first-order chi connectivity index (χ1) is 13.1. The second kappa shape index (κ2) is 6.99. The summed E-state index contributed by atoms with van der Waals surface area (Å²) < 4.78 is 10.9. The molecule has 2 aliphatic heterocycles. The maximum Gasteiger partial charge on any atom is 0.254 e. The quantitative estimate of drug-likeness (QED) is 0.763. The van der Waals surface area contributed by atoms with Crippen LogP contribution in [-0.4, -0.2) is 37.0 Å². The number of amides is 3. The Hall–Kier alpha value is -3.55. The maximum absolute atomic E-state index is 12.4. The summed E-state index contributed by atoms with van der Waals surface area (Å²) in [7, 11) is 0. The van der Waals surface area contributed by atoms with Crippen molar-refractivity contribution in [3.63, 3.8) is 0 Å². The molecule has 0 fully saturated rings. The Morgan fingerprint density at radius 2 is 1.85 bits per heavy atom. The summed E-state index contributed by atoms with van der Waals surface area (Å²) in [5.74, 6) is -0.0766. The average molecular weight is 367 g/mol. The monoisotopic (exact) mass is 367 g/mol. The van der Waals surface area contributed by atoms with Gasteiger partial charge in [0.2, 0.25) is 11.8 Å². The normalized spacial score (nSPS) is 17.9. The first kappa shape index (κ1) is 16.9. The number of rotatable bonds is 3. The van der Waals surface area contributed by atoms with Crippen molar-refractivity contribution in [2.75, 3.05) is 23.8 Å². The fourth-order valence-electron chi connectivity index (χ4n) is 2.97. The first-order valence-electron chi connectivity index (χ1n) is 8.50. The first-order valence-corrected chi connectivity index (χ1v) is 8.50. The number of nitrogens with one attached hydrogen (secondary N) is 3. The van der Waals surface area contributed by atoms with Crippen LogP contribution in [0, 0.1) is 0 Å². The SMILES string of the molecule is O=C(CC1NC(=O)c2ccccc2NC1=O)Nc1ccc2c(c1)OCCO2. The van der Waals surface area contributed by atoms with Crippen molar-refractivity contribution >= 4 is 29.1 Å². The van der Waals surface area contributed by atoms with E-state index >= 15 is 0 Å². The lowest BCUT2D eigenvalue weighted by Gasteiger charge is -2.19. The Balaban J connectivity index is 1.44. The largest absolute Gasteiger partial charge is 0.486 e. The van der Waals surface area contributed by atoms with Gasteiger partial charge in [-0.15, -0.1) is 0 Å². The Morgan fingerprint density at radius 1 is 1.07 bits per heavy atom. The summed E-state index contributed by atoms with van der Waals surface area (Å²) in [5.41, 5.74) is 1.31. The molecule has 0 bridgehead atoms. The third-order valence-electron chi connectivity index (χ3n) is 4.27.